The molecule has 5 heteroatoms. The predicted molar refractivity (Wildman–Crippen MR) is 56.5 cm³/mol. The van der Waals surface area contributed by atoms with Crippen LogP contribution >= 0.6 is 11.8 Å². The maximum atomic E-state index is 13.3. The van der Waals surface area contributed by atoms with Gasteiger partial charge >= 0.3 is 0 Å². The van der Waals surface area contributed by atoms with Crippen LogP contribution in [0.25, 0.3) is 0 Å². The lowest BCUT2D eigenvalue weighted by Gasteiger charge is -2.00. The lowest BCUT2D eigenvalue weighted by molar-refractivity contribution is 0.454. The van der Waals surface area contributed by atoms with Gasteiger partial charge < -0.3 is 4.42 Å². The SMILES string of the molecule is Cc1coc(Sc2cccc(F)c2C#N)n1. The molecule has 0 aliphatic heterocycles. The second-order valence-corrected chi connectivity index (χ2v) is 4.07. The molecule has 1 heterocycles. The number of hydrogen-bond donors (Lipinski definition) is 0. The summed E-state index contributed by atoms with van der Waals surface area (Å²) in [5.74, 6) is -0.532. The lowest BCUT2D eigenvalue weighted by atomic mass is 10.2. The molecule has 1 aromatic heterocycles. The quantitative estimate of drug-likeness (QED) is 0.800. The topological polar surface area (TPSA) is 49.8 Å². The van der Waals surface area contributed by atoms with Gasteiger partial charge in [0.2, 0.25) is 0 Å². The number of halogens is 1. The van der Waals surface area contributed by atoms with Crippen molar-refractivity contribution >= 4 is 11.8 Å². The van der Waals surface area contributed by atoms with Gasteiger partial charge in [-0.1, -0.05) is 6.07 Å². The van der Waals surface area contributed by atoms with E-state index >= 15 is 0 Å². The zero-order valence-corrected chi connectivity index (χ0v) is 9.21. The molecule has 0 N–H and O–H groups in total. The molecule has 0 fully saturated rings. The van der Waals surface area contributed by atoms with E-state index in [0.717, 1.165) is 17.5 Å². The van der Waals surface area contributed by atoms with E-state index in [9.17, 15) is 4.39 Å². The lowest BCUT2D eigenvalue weighted by Crippen LogP contribution is -1.86. The van der Waals surface area contributed by atoms with Gasteiger partial charge in [0.25, 0.3) is 5.22 Å². The molecule has 16 heavy (non-hydrogen) atoms. The molecule has 0 saturated heterocycles. The fraction of sp³-hybridized carbons (Fsp3) is 0.0909. The molecule has 2 rings (SSSR count). The minimum atomic E-state index is -0.532. The van der Waals surface area contributed by atoms with Gasteiger partial charge in [-0.05, 0) is 30.8 Å². The number of hydrogen-bond acceptors (Lipinski definition) is 4. The predicted octanol–water partition coefficient (Wildman–Crippen LogP) is 3.15. The zero-order chi connectivity index (χ0) is 11.5. The minimum Gasteiger partial charge on any atom is -0.439 e. The van der Waals surface area contributed by atoms with Crippen molar-refractivity contribution in [1.29, 1.82) is 5.26 Å². The molecule has 0 unspecified atom stereocenters. The normalized spacial score (nSPS) is 10.1. The third-order valence-electron chi connectivity index (χ3n) is 1.88. The molecule has 0 spiro atoms. The number of oxazole rings is 1. The van der Waals surface area contributed by atoms with Crippen LogP contribution in [-0.4, -0.2) is 4.98 Å². The number of rotatable bonds is 2. The van der Waals surface area contributed by atoms with Crippen LogP contribution < -0.4 is 0 Å². The fourth-order valence-electron chi connectivity index (χ4n) is 1.17. The average molecular weight is 234 g/mol. The Hall–Kier alpha value is -1.80. The van der Waals surface area contributed by atoms with Crippen LogP contribution in [0.2, 0.25) is 0 Å². The number of nitrogens with zero attached hydrogens (tertiary/aromatic N) is 2. The van der Waals surface area contributed by atoms with Crippen molar-refractivity contribution < 1.29 is 8.81 Å². The van der Waals surface area contributed by atoms with Crippen LogP contribution in [0, 0.1) is 24.1 Å². The molecule has 0 aliphatic carbocycles. The van der Waals surface area contributed by atoms with Crippen molar-refractivity contribution in [3.05, 3.63) is 41.5 Å². The van der Waals surface area contributed by atoms with E-state index in [4.69, 9.17) is 9.68 Å². The van der Waals surface area contributed by atoms with Gasteiger partial charge in [0.05, 0.1) is 5.69 Å². The van der Waals surface area contributed by atoms with Crippen molar-refractivity contribution in [2.24, 2.45) is 0 Å². The first-order chi connectivity index (χ1) is 7.70. The summed E-state index contributed by atoms with van der Waals surface area (Å²) < 4.78 is 18.4. The smallest absolute Gasteiger partial charge is 0.260 e. The Labute approximate surface area is 95.9 Å². The first-order valence-electron chi connectivity index (χ1n) is 4.49. The van der Waals surface area contributed by atoms with E-state index in [-0.39, 0.29) is 5.56 Å². The fourth-order valence-corrected chi connectivity index (χ4v) is 2.04. The highest BCUT2D eigenvalue weighted by Crippen LogP contribution is 2.30. The summed E-state index contributed by atoms with van der Waals surface area (Å²) in [6.45, 7) is 1.80. The first kappa shape index (κ1) is 10.7. The highest BCUT2D eigenvalue weighted by atomic mass is 32.2. The molecule has 0 amide bonds. The van der Waals surface area contributed by atoms with E-state index < -0.39 is 5.82 Å². The zero-order valence-electron chi connectivity index (χ0n) is 8.40. The molecule has 3 nitrogen and oxygen atoms in total. The monoisotopic (exact) mass is 234 g/mol. The van der Waals surface area contributed by atoms with E-state index in [0.29, 0.717) is 10.1 Å². The molecular weight excluding hydrogens is 227 g/mol. The Morgan fingerprint density at radius 2 is 2.31 bits per heavy atom. The van der Waals surface area contributed by atoms with Crippen LogP contribution in [-0.2, 0) is 0 Å². The molecule has 80 valence electrons. The van der Waals surface area contributed by atoms with Crippen LogP contribution in [0.5, 0.6) is 0 Å². The summed E-state index contributed by atoms with van der Waals surface area (Å²) in [6.07, 6.45) is 1.51. The summed E-state index contributed by atoms with van der Waals surface area (Å²) in [5, 5.41) is 9.23. The number of aromatic nitrogens is 1. The summed E-state index contributed by atoms with van der Waals surface area (Å²) in [4.78, 5) is 4.58. The van der Waals surface area contributed by atoms with Gasteiger partial charge in [-0.2, -0.15) is 5.26 Å². The van der Waals surface area contributed by atoms with Crippen LogP contribution in [0.15, 0.2) is 39.0 Å². The van der Waals surface area contributed by atoms with E-state index in [1.165, 1.54) is 12.3 Å². The molecule has 0 saturated carbocycles. The molecular formula is C11H7FN2OS. The van der Waals surface area contributed by atoms with Gasteiger partial charge in [0.1, 0.15) is 23.7 Å². The molecule has 1 aromatic carbocycles. The summed E-state index contributed by atoms with van der Waals surface area (Å²) in [5.41, 5.74) is 0.765. The third kappa shape index (κ3) is 2.07. The largest absolute Gasteiger partial charge is 0.439 e. The average Bonchev–Trinajstić information content (AvgIpc) is 2.64. The summed E-state index contributed by atoms with van der Waals surface area (Å²) in [7, 11) is 0. The highest BCUT2D eigenvalue weighted by Gasteiger charge is 2.11. The highest BCUT2D eigenvalue weighted by molar-refractivity contribution is 7.99. The van der Waals surface area contributed by atoms with Crippen molar-refractivity contribution in [2.45, 2.75) is 17.0 Å². The van der Waals surface area contributed by atoms with Gasteiger partial charge in [0, 0.05) is 4.90 Å². The summed E-state index contributed by atoms with van der Waals surface area (Å²) in [6, 6.07) is 6.29. The molecule has 0 aliphatic rings. The van der Waals surface area contributed by atoms with Crippen molar-refractivity contribution in [3.63, 3.8) is 0 Å². The Bertz CT molecular complexity index is 559. The van der Waals surface area contributed by atoms with Gasteiger partial charge in [-0.15, -0.1) is 0 Å². The Morgan fingerprint density at radius 1 is 1.50 bits per heavy atom. The third-order valence-corrected chi connectivity index (χ3v) is 2.80. The van der Waals surface area contributed by atoms with Crippen molar-refractivity contribution in [1.82, 2.24) is 4.98 Å². The molecule has 0 atom stereocenters. The number of benzene rings is 1. The first-order valence-corrected chi connectivity index (χ1v) is 5.31. The van der Waals surface area contributed by atoms with Crippen LogP contribution in [0.4, 0.5) is 4.39 Å². The Balaban J connectivity index is 2.35. The molecule has 0 radical (unpaired) electrons. The van der Waals surface area contributed by atoms with Crippen LogP contribution in [0.3, 0.4) is 0 Å². The Kier molecular flexibility index (Phi) is 2.93. The molecule has 2 aromatic rings. The number of aryl methyl sites for hydroxylation is 1. The standard InChI is InChI=1S/C11H7FN2OS/c1-7-6-15-11(14-7)16-10-4-2-3-9(12)8(10)5-13/h2-4,6H,1H3. The second-order valence-electron chi connectivity index (χ2n) is 3.08. The minimum absolute atomic E-state index is 0.0170. The van der Waals surface area contributed by atoms with E-state index in [1.54, 1.807) is 19.1 Å². The second kappa shape index (κ2) is 4.37. The Morgan fingerprint density at radius 3 is 2.94 bits per heavy atom. The van der Waals surface area contributed by atoms with Crippen molar-refractivity contribution in [3.8, 4) is 6.07 Å². The van der Waals surface area contributed by atoms with Gasteiger partial charge in [0.15, 0.2) is 0 Å². The van der Waals surface area contributed by atoms with Gasteiger partial charge in [-0.3, -0.25) is 0 Å². The molecule has 0 bridgehead atoms. The summed E-state index contributed by atoms with van der Waals surface area (Å²) >= 11 is 1.13. The van der Waals surface area contributed by atoms with Crippen molar-refractivity contribution in [2.75, 3.05) is 0 Å². The maximum Gasteiger partial charge on any atom is 0.260 e. The van der Waals surface area contributed by atoms with E-state index in [1.807, 2.05) is 6.07 Å². The van der Waals surface area contributed by atoms with Crippen LogP contribution in [0.1, 0.15) is 11.3 Å². The maximum absolute atomic E-state index is 13.3. The number of nitriles is 1. The van der Waals surface area contributed by atoms with E-state index in [2.05, 4.69) is 4.98 Å². The van der Waals surface area contributed by atoms with Gasteiger partial charge in [-0.25, -0.2) is 9.37 Å².